The number of hydrogen-bond donors (Lipinski definition) is 1. The van der Waals surface area contributed by atoms with E-state index in [1.54, 1.807) is 14.2 Å². The average molecular weight is 358 g/mol. The molecule has 0 saturated carbocycles. The summed E-state index contributed by atoms with van der Waals surface area (Å²) in [5.41, 5.74) is 9.22. The molecule has 0 amide bonds. The molecule has 130 valence electrons. The molecule has 2 aliphatic rings. The highest BCUT2D eigenvalue weighted by Gasteiger charge is 2.37. The number of methoxy groups -OCH3 is 2. The first-order valence-corrected chi connectivity index (χ1v) is 8.62. The highest BCUT2D eigenvalue weighted by Crippen LogP contribution is 2.40. The molecule has 2 aromatic rings. The zero-order chi connectivity index (χ0) is 17.4. The molecular formula is C19H20ClN3O2. The van der Waals surface area contributed by atoms with E-state index in [0.29, 0.717) is 0 Å². The van der Waals surface area contributed by atoms with Gasteiger partial charge in [0.05, 0.1) is 24.9 Å². The summed E-state index contributed by atoms with van der Waals surface area (Å²) >= 11 is 6.08. The van der Waals surface area contributed by atoms with Gasteiger partial charge in [-0.05, 0) is 24.3 Å². The van der Waals surface area contributed by atoms with Crippen molar-refractivity contribution < 1.29 is 14.5 Å². The first-order valence-electron chi connectivity index (χ1n) is 8.24. The molecule has 0 spiro atoms. The minimum Gasteiger partial charge on any atom is -0.495 e. The van der Waals surface area contributed by atoms with Crippen LogP contribution in [0.3, 0.4) is 0 Å². The summed E-state index contributed by atoms with van der Waals surface area (Å²) in [5.74, 6) is 0.794. The molecule has 6 heteroatoms. The Bertz CT molecular complexity index is 807. The van der Waals surface area contributed by atoms with Gasteiger partial charge in [-0.25, -0.2) is 0 Å². The molecule has 0 radical (unpaired) electrons. The lowest BCUT2D eigenvalue weighted by Crippen LogP contribution is -3.03. The van der Waals surface area contributed by atoms with Crippen LogP contribution in [0.15, 0.2) is 54.2 Å². The smallest absolute Gasteiger partial charge is 0.141 e. The molecule has 2 atom stereocenters. The Morgan fingerprint density at radius 2 is 1.88 bits per heavy atom. The second-order valence-electron chi connectivity index (χ2n) is 6.13. The largest absolute Gasteiger partial charge is 0.495 e. The molecule has 5 nitrogen and oxygen atoms in total. The molecule has 2 heterocycles. The molecular weight excluding hydrogens is 338 g/mol. The van der Waals surface area contributed by atoms with E-state index in [0.717, 1.165) is 45.7 Å². The summed E-state index contributed by atoms with van der Waals surface area (Å²) in [7, 11) is 3.44. The third-order valence-electron chi connectivity index (χ3n) is 4.68. The number of anilines is 1. The van der Waals surface area contributed by atoms with Crippen LogP contribution in [0.1, 0.15) is 12.0 Å². The van der Waals surface area contributed by atoms with Crippen LogP contribution in [0.5, 0.6) is 5.75 Å². The standard InChI is InChI=1S/C19H20ClN3O2/c1-24-15-11-17-19(13-7-9-14(20)10-8-13)23(21-22(17)12-15)16-5-3-4-6-18(16)25-2/h3-10,15,22H,11-12H2,1-2H3/t15-/m1/s1. The molecule has 1 N–H and O–H groups in total. The topological polar surface area (TPSA) is 40.2 Å². The lowest BCUT2D eigenvalue weighted by molar-refractivity contribution is -0.808. The van der Waals surface area contributed by atoms with Gasteiger partial charge in [-0.1, -0.05) is 35.9 Å². The van der Waals surface area contributed by atoms with Gasteiger partial charge in [0.15, 0.2) is 0 Å². The average Bonchev–Trinajstić information content (AvgIpc) is 3.20. The Morgan fingerprint density at radius 1 is 1.12 bits per heavy atom. The van der Waals surface area contributed by atoms with Crippen molar-refractivity contribution in [3.05, 3.63) is 70.3 Å². The normalized spacial score (nSPS) is 22.4. The zero-order valence-electron chi connectivity index (χ0n) is 14.2. The van der Waals surface area contributed by atoms with E-state index in [-0.39, 0.29) is 6.10 Å². The number of ether oxygens (including phenoxy) is 2. The van der Waals surface area contributed by atoms with Crippen molar-refractivity contribution in [2.75, 3.05) is 25.8 Å². The Morgan fingerprint density at radius 3 is 2.60 bits per heavy atom. The van der Waals surface area contributed by atoms with Crippen LogP contribution in [-0.2, 0) is 4.74 Å². The summed E-state index contributed by atoms with van der Waals surface area (Å²) in [6.07, 6.45) is 1.05. The number of halogens is 1. The lowest BCUT2D eigenvalue weighted by atomic mass is 10.1. The molecule has 2 aromatic carbocycles. The molecule has 1 unspecified atom stereocenters. The van der Waals surface area contributed by atoms with Crippen molar-refractivity contribution in [2.45, 2.75) is 12.5 Å². The van der Waals surface area contributed by atoms with Gasteiger partial charge >= 0.3 is 0 Å². The summed E-state index contributed by atoms with van der Waals surface area (Å²) < 4.78 is 11.1. The molecule has 0 bridgehead atoms. The molecule has 25 heavy (non-hydrogen) atoms. The molecule has 2 aliphatic heterocycles. The van der Waals surface area contributed by atoms with Gasteiger partial charge in [0, 0.05) is 17.7 Å². The summed E-state index contributed by atoms with van der Waals surface area (Å²) in [5, 5.41) is 3.79. The van der Waals surface area contributed by atoms with E-state index in [1.165, 1.54) is 5.70 Å². The van der Waals surface area contributed by atoms with Gasteiger partial charge in [0.25, 0.3) is 0 Å². The summed E-state index contributed by atoms with van der Waals surface area (Å²) in [6, 6.07) is 15.8. The maximum absolute atomic E-state index is 6.08. The fourth-order valence-electron chi connectivity index (χ4n) is 3.44. The summed E-state index contributed by atoms with van der Waals surface area (Å²) in [6.45, 7) is 0.828. The van der Waals surface area contributed by atoms with Crippen LogP contribution in [0, 0.1) is 0 Å². The van der Waals surface area contributed by atoms with Gasteiger partial charge in [0.1, 0.15) is 24.1 Å². The van der Waals surface area contributed by atoms with Crippen LogP contribution in [-0.4, -0.2) is 26.9 Å². The number of quaternary nitrogens is 1. The fraction of sp³-hybridized carbons (Fsp3) is 0.263. The van der Waals surface area contributed by atoms with Gasteiger partial charge in [0.2, 0.25) is 0 Å². The molecule has 0 aromatic heterocycles. The molecule has 0 aliphatic carbocycles. The minimum atomic E-state index is 0.191. The van der Waals surface area contributed by atoms with Crippen molar-refractivity contribution in [2.24, 2.45) is 0 Å². The number of rotatable bonds is 4. The quantitative estimate of drug-likeness (QED) is 0.914. The van der Waals surface area contributed by atoms with Gasteiger partial charge < -0.3 is 25.0 Å². The first-order chi connectivity index (χ1) is 12.2. The van der Waals surface area contributed by atoms with E-state index < -0.39 is 0 Å². The second kappa shape index (κ2) is 6.69. The van der Waals surface area contributed by atoms with E-state index in [2.05, 4.69) is 0 Å². The Balaban J connectivity index is 1.82. The van der Waals surface area contributed by atoms with Gasteiger partial charge in [-0.15, -0.1) is 0 Å². The van der Waals surface area contributed by atoms with E-state index >= 15 is 0 Å². The van der Waals surface area contributed by atoms with E-state index in [9.17, 15) is 0 Å². The van der Waals surface area contributed by atoms with Crippen LogP contribution >= 0.6 is 11.6 Å². The number of nitrogens with one attached hydrogen (secondary N) is 1. The number of nitrogens with zero attached hydrogens (tertiary/aromatic N) is 2. The first kappa shape index (κ1) is 16.4. The van der Waals surface area contributed by atoms with Gasteiger partial charge in [-0.3, -0.25) is 0 Å². The molecule has 4 rings (SSSR count). The minimum absolute atomic E-state index is 0.191. The van der Waals surface area contributed by atoms with Crippen molar-refractivity contribution in [1.82, 2.24) is 0 Å². The third-order valence-corrected chi connectivity index (χ3v) is 4.94. The highest BCUT2D eigenvalue weighted by atomic mass is 35.5. The third kappa shape index (κ3) is 2.89. The highest BCUT2D eigenvalue weighted by molar-refractivity contribution is 6.30. The van der Waals surface area contributed by atoms with Crippen molar-refractivity contribution in [3.63, 3.8) is 0 Å². The predicted molar refractivity (Wildman–Crippen MR) is 98.4 cm³/mol. The molecule has 1 fully saturated rings. The van der Waals surface area contributed by atoms with Crippen LogP contribution < -0.4 is 14.8 Å². The van der Waals surface area contributed by atoms with Crippen LogP contribution in [0.25, 0.3) is 11.2 Å². The van der Waals surface area contributed by atoms with E-state index in [1.807, 2.05) is 53.5 Å². The SMILES string of the molecule is COc1ccccc1N1[N-][NH+]2C[C@H](OC)CC2=C1c1ccc(Cl)cc1. The van der Waals surface area contributed by atoms with Crippen molar-refractivity contribution in [3.8, 4) is 5.75 Å². The van der Waals surface area contributed by atoms with Crippen LogP contribution in [0.2, 0.25) is 5.02 Å². The van der Waals surface area contributed by atoms with Crippen molar-refractivity contribution >= 4 is 23.0 Å². The Labute approximate surface area is 152 Å². The summed E-state index contributed by atoms with van der Waals surface area (Å²) in [4.78, 5) is 0. The number of benzene rings is 2. The number of para-hydroxylation sites is 2. The Kier molecular flexibility index (Phi) is 4.39. The monoisotopic (exact) mass is 357 g/mol. The second-order valence-corrected chi connectivity index (χ2v) is 6.57. The number of fused-ring (bicyclic) bond motifs is 1. The Hall–Kier alpha value is -2.05. The van der Waals surface area contributed by atoms with Crippen LogP contribution in [0.4, 0.5) is 5.69 Å². The zero-order valence-corrected chi connectivity index (χ0v) is 15.0. The maximum Gasteiger partial charge on any atom is 0.141 e. The van der Waals surface area contributed by atoms with Gasteiger partial charge in [-0.2, -0.15) is 0 Å². The lowest BCUT2D eigenvalue weighted by Gasteiger charge is -2.34. The molecule has 1 saturated heterocycles. The van der Waals surface area contributed by atoms with E-state index in [4.69, 9.17) is 26.6 Å². The fourth-order valence-corrected chi connectivity index (χ4v) is 3.57. The van der Waals surface area contributed by atoms with Crippen molar-refractivity contribution in [1.29, 1.82) is 0 Å². The number of hydrogen-bond acceptors (Lipinski definition) is 3. The maximum atomic E-state index is 6.08. The predicted octanol–water partition coefficient (Wildman–Crippen LogP) is 3.04.